The van der Waals surface area contributed by atoms with Gasteiger partial charge in [-0.05, 0) is 49.7 Å². The van der Waals surface area contributed by atoms with E-state index in [1.165, 1.54) is 36.5 Å². The van der Waals surface area contributed by atoms with Crippen LogP contribution in [0.25, 0.3) is 0 Å². The molecule has 4 heteroatoms. The second-order valence-corrected chi connectivity index (χ2v) is 14.4. The molecule has 0 aliphatic carbocycles. The molecule has 0 aromatic heterocycles. The summed E-state index contributed by atoms with van der Waals surface area (Å²) >= 11 is 2.51. The Morgan fingerprint density at radius 3 is 2.35 bits per heavy atom. The standard InChI is InChI=1S/C19H39IO2Si/c1-8-10-17(22-23(6,7)19(3,4)5)13-16-11-12-18(21-16)15(9-2)14-20/h15-18H,8-14H2,1-7H3/t15-,16-,17-,18+/m0/s1. The van der Waals surface area contributed by atoms with Crippen molar-refractivity contribution in [1.82, 2.24) is 0 Å². The predicted molar refractivity (Wildman–Crippen MR) is 112 cm³/mol. The van der Waals surface area contributed by atoms with Crippen LogP contribution < -0.4 is 0 Å². The van der Waals surface area contributed by atoms with Crippen LogP contribution in [0, 0.1) is 5.92 Å². The molecule has 138 valence electrons. The van der Waals surface area contributed by atoms with Gasteiger partial charge in [-0.15, -0.1) is 0 Å². The van der Waals surface area contributed by atoms with Crippen LogP contribution >= 0.6 is 22.6 Å². The topological polar surface area (TPSA) is 18.5 Å². The van der Waals surface area contributed by atoms with Crippen LogP contribution in [0.1, 0.15) is 73.1 Å². The predicted octanol–water partition coefficient (Wildman–Crippen LogP) is 6.58. The number of hydrogen-bond donors (Lipinski definition) is 0. The van der Waals surface area contributed by atoms with Gasteiger partial charge in [-0.2, -0.15) is 0 Å². The number of alkyl halides is 1. The van der Waals surface area contributed by atoms with E-state index in [1.54, 1.807) is 0 Å². The summed E-state index contributed by atoms with van der Waals surface area (Å²) < 4.78 is 14.3. The maximum Gasteiger partial charge on any atom is 0.192 e. The van der Waals surface area contributed by atoms with Gasteiger partial charge in [-0.25, -0.2) is 0 Å². The van der Waals surface area contributed by atoms with Crippen molar-refractivity contribution in [1.29, 1.82) is 0 Å². The van der Waals surface area contributed by atoms with Crippen molar-refractivity contribution >= 4 is 30.9 Å². The molecule has 0 saturated carbocycles. The molecule has 23 heavy (non-hydrogen) atoms. The SMILES string of the molecule is CCC[C@@H](C[C@@H]1CC[C@H]([C@@H](CC)CI)O1)O[Si](C)(C)C(C)(C)C. The molecule has 1 fully saturated rings. The average Bonchev–Trinajstić information content (AvgIpc) is 2.87. The van der Waals surface area contributed by atoms with Crippen molar-refractivity contribution in [2.45, 2.75) is 110 Å². The van der Waals surface area contributed by atoms with Gasteiger partial charge in [0.05, 0.1) is 12.2 Å². The lowest BCUT2D eigenvalue weighted by Gasteiger charge is -2.40. The minimum Gasteiger partial charge on any atom is -0.414 e. The highest BCUT2D eigenvalue weighted by molar-refractivity contribution is 14.1. The fourth-order valence-corrected chi connectivity index (χ4v) is 5.75. The molecule has 0 amide bonds. The highest BCUT2D eigenvalue weighted by Crippen LogP contribution is 2.39. The quantitative estimate of drug-likeness (QED) is 0.223. The van der Waals surface area contributed by atoms with Crippen LogP contribution in [0.5, 0.6) is 0 Å². The molecule has 1 saturated heterocycles. The average molecular weight is 455 g/mol. The van der Waals surface area contributed by atoms with E-state index in [0.717, 1.165) is 12.3 Å². The third kappa shape index (κ3) is 6.59. The van der Waals surface area contributed by atoms with Gasteiger partial charge in [0, 0.05) is 10.5 Å². The summed E-state index contributed by atoms with van der Waals surface area (Å²) in [5.74, 6) is 0.728. The van der Waals surface area contributed by atoms with Crippen LogP contribution in [0.3, 0.4) is 0 Å². The van der Waals surface area contributed by atoms with Gasteiger partial charge < -0.3 is 9.16 Å². The van der Waals surface area contributed by atoms with Crippen molar-refractivity contribution < 1.29 is 9.16 Å². The summed E-state index contributed by atoms with van der Waals surface area (Å²) in [6.07, 6.45) is 8.43. The highest BCUT2D eigenvalue weighted by Gasteiger charge is 2.40. The van der Waals surface area contributed by atoms with Crippen molar-refractivity contribution in [2.75, 3.05) is 4.43 Å². The van der Waals surface area contributed by atoms with E-state index in [9.17, 15) is 0 Å². The van der Waals surface area contributed by atoms with Gasteiger partial charge >= 0.3 is 0 Å². The Morgan fingerprint density at radius 2 is 1.87 bits per heavy atom. The molecule has 1 aliphatic rings. The lowest BCUT2D eigenvalue weighted by Crippen LogP contribution is -2.44. The second-order valence-electron chi connectivity index (χ2n) is 8.72. The summed E-state index contributed by atoms with van der Waals surface area (Å²) in [6.45, 7) is 16.3. The van der Waals surface area contributed by atoms with E-state index in [2.05, 4.69) is 70.3 Å². The van der Waals surface area contributed by atoms with Crippen LogP contribution in [0.15, 0.2) is 0 Å². The Bertz CT molecular complexity index is 337. The number of hydrogen-bond acceptors (Lipinski definition) is 2. The van der Waals surface area contributed by atoms with Crippen LogP contribution in [0.2, 0.25) is 18.1 Å². The Balaban J connectivity index is 2.60. The van der Waals surface area contributed by atoms with E-state index in [-0.39, 0.29) is 5.04 Å². The first kappa shape index (κ1) is 21.9. The lowest BCUT2D eigenvalue weighted by atomic mass is 9.98. The fraction of sp³-hybridized carbons (Fsp3) is 1.00. The summed E-state index contributed by atoms with van der Waals surface area (Å²) in [5, 5.41) is 0.284. The van der Waals surface area contributed by atoms with Gasteiger partial charge in [0.2, 0.25) is 0 Å². The Labute approximate surface area is 159 Å². The van der Waals surface area contributed by atoms with Crippen LogP contribution in [-0.4, -0.2) is 31.1 Å². The second kappa shape index (κ2) is 9.53. The molecule has 0 aromatic rings. The molecule has 0 radical (unpaired) electrons. The van der Waals surface area contributed by atoms with E-state index in [4.69, 9.17) is 9.16 Å². The third-order valence-corrected chi connectivity index (χ3v) is 11.5. The third-order valence-electron chi connectivity index (χ3n) is 5.79. The zero-order valence-electron chi connectivity index (χ0n) is 16.5. The van der Waals surface area contributed by atoms with Gasteiger partial charge in [-0.3, -0.25) is 0 Å². The largest absolute Gasteiger partial charge is 0.414 e. The summed E-state index contributed by atoms with van der Waals surface area (Å²) in [5.41, 5.74) is 0. The zero-order chi connectivity index (χ0) is 17.7. The first-order valence-electron chi connectivity index (χ1n) is 9.53. The Morgan fingerprint density at radius 1 is 1.22 bits per heavy atom. The Hall–Kier alpha value is 0.867. The molecular formula is C19H39IO2Si. The molecule has 1 rings (SSSR count). The molecule has 0 spiro atoms. The molecule has 0 unspecified atom stereocenters. The van der Waals surface area contributed by atoms with Crippen molar-refractivity contribution in [3.63, 3.8) is 0 Å². The van der Waals surface area contributed by atoms with Crippen molar-refractivity contribution in [3.05, 3.63) is 0 Å². The van der Waals surface area contributed by atoms with E-state index < -0.39 is 8.32 Å². The zero-order valence-corrected chi connectivity index (χ0v) is 19.6. The maximum atomic E-state index is 6.71. The fourth-order valence-electron chi connectivity index (χ4n) is 3.16. The van der Waals surface area contributed by atoms with Crippen LogP contribution in [0.4, 0.5) is 0 Å². The number of halogens is 1. The van der Waals surface area contributed by atoms with Crippen molar-refractivity contribution in [2.24, 2.45) is 5.92 Å². The Kier molecular flexibility index (Phi) is 9.08. The van der Waals surface area contributed by atoms with Gasteiger partial charge in [0.25, 0.3) is 0 Å². The minimum atomic E-state index is -1.69. The summed E-state index contributed by atoms with van der Waals surface area (Å²) in [6, 6.07) is 0. The number of rotatable bonds is 9. The smallest absolute Gasteiger partial charge is 0.192 e. The van der Waals surface area contributed by atoms with Gasteiger partial charge in [0.1, 0.15) is 0 Å². The maximum absolute atomic E-state index is 6.71. The summed E-state index contributed by atoms with van der Waals surface area (Å²) in [7, 11) is -1.69. The number of ether oxygens (including phenoxy) is 1. The minimum absolute atomic E-state index is 0.284. The van der Waals surface area contributed by atoms with E-state index >= 15 is 0 Å². The van der Waals surface area contributed by atoms with Gasteiger partial charge in [-0.1, -0.05) is 70.1 Å². The highest BCUT2D eigenvalue weighted by atomic mass is 127. The molecule has 1 aliphatic heterocycles. The van der Waals surface area contributed by atoms with Gasteiger partial charge in [0.15, 0.2) is 8.32 Å². The molecule has 0 aromatic carbocycles. The lowest BCUT2D eigenvalue weighted by molar-refractivity contribution is -0.00756. The molecule has 1 heterocycles. The van der Waals surface area contributed by atoms with Crippen molar-refractivity contribution in [3.8, 4) is 0 Å². The molecule has 0 bridgehead atoms. The summed E-state index contributed by atoms with van der Waals surface area (Å²) in [4.78, 5) is 0. The monoisotopic (exact) mass is 454 g/mol. The first-order chi connectivity index (χ1) is 10.6. The van der Waals surface area contributed by atoms with Crippen LogP contribution in [-0.2, 0) is 9.16 Å². The first-order valence-corrected chi connectivity index (χ1v) is 14.0. The molecule has 2 nitrogen and oxygen atoms in total. The normalized spacial score (nSPS) is 25.6. The molecular weight excluding hydrogens is 415 g/mol. The molecule has 0 N–H and O–H groups in total. The molecule has 4 atom stereocenters. The van der Waals surface area contributed by atoms with E-state index in [1.807, 2.05) is 0 Å². The van der Waals surface area contributed by atoms with E-state index in [0.29, 0.717) is 18.3 Å².